The topological polar surface area (TPSA) is 29.3 Å². The fourth-order valence-electron chi connectivity index (χ4n) is 2.50. The lowest BCUT2D eigenvalue weighted by molar-refractivity contribution is 0.243. The molecule has 2 N–H and O–H groups in total. The van der Waals surface area contributed by atoms with E-state index in [0.717, 1.165) is 18.5 Å². The molecule has 2 heteroatoms. The highest BCUT2D eigenvalue weighted by atomic mass is 15.2. The molecular formula is C12H26N2. The second-order valence-electron chi connectivity index (χ2n) is 5.05. The molecule has 0 spiro atoms. The molecule has 3 unspecified atom stereocenters. The summed E-state index contributed by atoms with van der Waals surface area (Å²) in [6, 6.07) is 1.14. The zero-order valence-corrected chi connectivity index (χ0v) is 10.00. The molecule has 1 rings (SSSR count). The van der Waals surface area contributed by atoms with Crippen LogP contribution in [-0.4, -0.2) is 30.1 Å². The van der Waals surface area contributed by atoms with Crippen LogP contribution in [0.5, 0.6) is 0 Å². The zero-order chi connectivity index (χ0) is 10.6. The molecule has 0 aliphatic carbocycles. The molecule has 1 heterocycles. The van der Waals surface area contributed by atoms with Crippen molar-refractivity contribution in [2.75, 3.05) is 13.1 Å². The lowest BCUT2D eigenvalue weighted by Gasteiger charge is -2.24. The van der Waals surface area contributed by atoms with E-state index >= 15 is 0 Å². The Kier molecular flexibility index (Phi) is 4.90. The molecule has 0 bridgehead atoms. The molecule has 1 aliphatic heterocycles. The van der Waals surface area contributed by atoms with Crippen molar-refractivity contribution in [2.24, 2.45) is 11.7 Å². The molecule has 1 fully saturated rings. The number of unbranched alkanes of at least 4 members (excludes halogenated alkanes) is 1. The van der Waals surface area contributed by atoms with Crippen molar-refractivity contribution in [2.45, 2.75) is 58.5 Å². The number of likely N-dealkylation sites (tertiary alicyclic amines) is 1. The minimum Gasteiger partial charge on any atom is -0.327 e. The van der Waals surface area contributed by atoms with Gasteiger partial charge in [-0.25, -0.2) is 0 Å². The molecule has 3 atom stereocenters. The van der Waals surface area contributed by atoms with E-state index < -0.39 is 0 Å². The number of nitrogens with two attached hydrogens (primary N) is 1. The Labute approximate surface area is 88.8 Å². The van der Waals surface area contributed by atoms with Crippen LogP contribution in [0.1, 0.15) is 46.5 Å². The minimum atomic E-state index is 0.391. The monoisotopic (exact) mass is 198 g/mol. The number of hydrogen-bond donors (Lipinski definition) is 1. The maximum absolute atomic E-state index is 6.11. The maximum atomic E-state index is 6.11. The molecule has 1 saturated heterocycles. The van der Waals surface area contributed by atoms with Crippen molar-refractivity contribution in [3.05, 3.63) is 0 Å². The molecule has 0 aromatic heterocycles. The van der Waals surface area contributed by atoms with Crippen LogP contribution in [0.4, 0.5) is 0 Å². The SMILES string of the molecule is CCCCC(N)CN1CC(C)CC1C. The molecule has 14 heavy (non-hydrogen) atoms. The van der Waals surface area contributed by atoms with Crippen molar-refractivity contribution in [3.8, 4) is 0 Å². The fraction of sp³-hybridized carbons (Fsp3) is 1.00. The van der Waals surface area contributed by atoms with Crippen LogP contribution in [0.25, 0.3) is 0 Å². The lowest BCUT2D eigenvalue weighted by Crippen LogP contribution is -2.39. The molecule has 2 nitrogen and oxygen atoms in total. The summed E-state index contributed by atoms with van der Waals surface area (Å²) < 4.78 is 0. The quantitative estimate of drug-likeness (QED) is 0.734. The van der Waals surface area contributed by atoms with E-state index in [0.29, 0.717) is 6.04 Å². The van der Waals surface area contributed by atoms with Crippen LogP contribution in [-0.2, 0) is 0 Å². The van der Waals surface area contributed by atoms with Gasteiger partial charge in [0.15, 0.2) is 0 Å². The van der Waals surface area contributed by atoms with Crippen LogP contribution in [0.3, 0.4) is 0 Å². The van der Waals surface area contributed by atoms with Crippen LogP contribution in [0, 0.1) is 5.92 Å². The van der Waals surface area contributed by atoms with Gasteiger partial charge in [-0.05, 0) is 25.7 Å². The average Bonchev–Trinajstić information content (AvgIpc) is 2.42. The van der Waals surface area contributed by atoms with Gasteiger partial charge >= 0.3 is 0 Å². The second-order valence-corrected chi connectivity index (χ2v) is 5.05. The van der Waals surface area contributed by atoms with E-state index in [2.05, 4.69) is 25.7 Å². The van der Waals surface area contributed by atoms with Crippen molar-refractivity contribution in [1.82, 2.24) is 4.90 Å². The van der Waals surface area contributed by atoms with Gasteiger partial charge in [0.1, 0.15) is 0 Å². The highest BCUT2D eigenvalue weighted by Crippen LogP contribution is 2.22. The van der Waals surface area contributed by atoms with E-state index in [1.165, 1.54) is 32.2 Å². The summed E-state index contributed by atoms with van der Waals surface area (Å²) in [5, 5.41) is 0. The van der Waals surface area contributed by atoms with Crippen LogP contribution >= 0.6 is 0 Å². The Bertz CT molecular complexity index is 158. The van der Waals surface area contributed by atoms with Crippen molar-refractivity contribution >= 4 is 0 Å². The predicted octanol–water partition coefficient (Wildman–Crippen LogP) is 2.23. The predicted molar refractivity (Wildman–Crippen MR) is 62.3 cm³/mol. The third-order valence-electron chi connectivity index (χ3n) is 3.31. The van der Waals surface area contributed by atoms with Crippen molar-refractivity contribution < 1.29 is 0 Å². The third-order valence-corrected chi connectivity index (χ3v) is 3.31. The largest absolute Gasteiger partial charge is 0.327 e. The van der Waals surface area contributed by atoms with Gasteiger partial charge in [0.05, 0.1) is 0 Å². The Hall–Kier alpha value is -0.0800. The highest BCUT2D eigenvalue weighted by Gasteiger charge is 2.26. The molecule has 0 radical (unpaired) electrons. The highest BCUT2D eigenvalue weighted by molar-refractivity contribution is 4.82. The van der Waals surface area contributed by atoms with E-state index in [1.54, 1.807) is 0 Å². The summed E-state index contributed by atoms with van der Waals surface area (Å²) in [4.78, 5) is 2.56. The van der Waals surface area contributed by atoms with E-state index in [1.807, 2.05) is 0 Å². The molecule has 0 saturated carbocycles. The molecule has 84 valence electrons. The fourth-order valence-corrected chi connectivity index (χ4v) is 2.50. The molecule has 1 aliphatic rings. The lowest BCUT2D eigenvalue weighted by atomic mass is 10.1. The van der Waals surface area contributed by atoms with Gasteiger partial charge in [0.2, 0.25) is 0 Å². The van der Waals surface area contributed by atoms with Crippen molar-refractivity contribution in [1.29, 1.82) is 0 Å². The molecule has 0 aromatic rings. The van der Waals surface area contributed by atoms with Crippen LogP contribution < -0.4 is 5.73 Å². The van der Waals surface area contributed by atoms with Gasteiger partial charge in [-0.1, -0.05) is 26.7 Å². The average molecular weight is 198 g/mol. The number of nitrogens with zero attached hydrogens (tertiary/aromatic N) is 1. The summed E-state index contributed by atoms with van der Waals surface area (Å²) in [6.07, 6.45) is 5.08. The first-order chi connectivity index (χ1) is 6.63. The first kappa shape index (κ1) is 12.0. The second kappa shape index (κ2) is 5.72. The van der Waals surface area contributed by atoms with Gasteiger partial charge in [-0.15, -0.1) is 0 Å². The Morgan fingerprint density at radius 2 is 2.14 bits per heavy atom. The van der Waals surface area contributed by atoms with E-state index in [4.69, 9.17) is 5.73 Å². The number of hydrogen-bond acceptors (Lipinski definition) is 2. The molecular weight excluding hydrogens is 172 g/mol. The van der Waals surface area contributed by atoms with Gasteiger partial charge in [-0.3, -0.25) is 4.90 Å². The van der Waals surface area contributed by atoms with Crippen molar-refractivity contribution in [3.63, 3.8) is 0 Å². The molecule has 0 aromatic carbocycles. The van der Waals surface area contributed by atoms with E-state index in [9.17, 15) is 0 Å². The maximum Gasteiger partial charge on any atom is 0.0167 e. The first-order valence-electron chi connectivity index (χ1n) is 6.13. The Morgan fingerprint density at radius 1 is 1.43 bits per heavy atom. The van der Waals surface area contributed by atoms with Gasteiger partial charge in [0, 0.05) is 25.2 Å². The van der Waals surface area contributed by atoms with Gasteiger partial charge in [-0.2, -0.15) is 0 Å². The van der Waals surface area contributed by atoms with E-state index in [-0.39, 0.29) is 0 Å². The van der Waals surface area contributed by atoms with Gasteiger partial charge < -0.3 is 5.73 Å². The summed E-state index contributed by atoms with van der Waals surface area (Å²) in [6.45, 7) is 9.25. The standard InChI is InChI=1S/C12H26N2/c1-4-5-6-12(13)9-14-8-10(2)7-11(14)3/h10-12H,4-9,13H2,1-3H3. The smallest absolute Gasteiger partial charge is 0.0167 e. The summed E-state index contributed by atoms with van der Waals surface area (Å²) in [7, 11) is 0. The third kappa shape index (κ3) is 3.58. The normalized spacial score (nSPS) is 30.9. The van der Waals surface area contributed by atoms with Crippen LogP contribution in [0.2, 0.25) is 0 Å². The Balaban J connectivity index is 2.22. The first-order valence-corrected chi connectivity index (χ1v) is 6.13. The van der Waals surface area contributed by atoms with Gasteiger partial charge in [0.25, 0.3) is 0 Å². The Morgan fingerprint density at radius 3 is 2.64 bits per heavy atom. The summed E-state index contributed by atoms with van der Waals surface area (Å²) in [5.41, 5.74) is 6.11. The minimum absolute atomic E-state index is 0.391. The summed E-state index contributed by atoms with van der Waals surface area (Å²) >= 11 is 0. The zero-order valence-electron chi connectivity index (χ0n) is 10.00. The number of rotatable bonds is 5. The molecule has 0 amide bonds. The summed E-state index contributed by atoms with van der Waals surface area (Å²) in [5.74, 6) is 0.864. The van der Waals surface area contributed by atoms with Crippen LogP contribution in [0.15, 0.2) is 0 Å².